The minimum absolute atomic E-state index is 0.121. The van der Waals surface area contributed by atoms with Gasteiger partial charge in [-0.3, -0.25) is 0 Å². The standard InChI is InChI=1S/C15H22F2S2/c1-3-7-15(10-18,8-4-2)11-19-14-9-12(16)5-6-13(14)17/h5-6,9,18H,3-4,7-8,10-11H2,1-2H3. The fourth-order valence-corrected chi connectivity index (χ4v) is 4.19. The van der Waals surface area contributed by atoms with Crippen LogP contribution in [0.5, 0.6) is 0 Å². The summed E-state index contributed by atoms with van der Waals surface area (Å²) >= 11 is 5.89. The van der Waals surface area contributed by atoms with Gasteiger partial charge in [-0.15, -0.1) is 11.8 Å². The normalized spacial score (nSPS) is 11.8. The molecule has 0 saturated carbocycles. The number of thioether (sulfide) groups is 1. The highest BCUT2D eigenvalue weighted by atomic mass is 32.2. The van der Waals surface area contributed by atoms with Crippen molar-refractivity contribution in [1.82, 2.24) is 0 Å². The second kappa shape index (κ2) is 8.15. The molecule has 4 heteroatoms. The fourth-order valence-electron chi connectivity index (χ4n) is 2.35. The third-order valence-electron chi connectivity index (χ3n) is 3.32. The molecule has 1 aromatic rings. The zero-order valence-corrected chi connectivity index (χ0v) is 13.3. The first-order valence-electron chi connectivity index (χ1n) is 6.75. The maximum atomic E-state index is 13.6. The Morgan fingerprint density at radius 1 is 1.16 bits per heavy atom. The van der Waals surface area contributed by atoms with Crippen molar-refractivity contribution in [2.24, 2.45) is 5.41 Å². The van der Waals surface area contributed by atoms with E-state index in [1.807, 2.05) is 0 Å². The Morgan fingerprint density at radius 2 is 1.79 bits per heavy atom. The summed E-state index contributed by atoms with van der Waals surface area (Å²) in [5, 5.41) is 0. The average molecular weight is 304 g/mol. The summed E-state index contributed by atoms with van der Waals surface area (Å²) in [7, 11) is 0. The molecule has 0 saturated heterocycles. The Labute approximate surface area is 124 Å². The summed E-state index contributed by atoms with van der Waals surface area (Å²) in [5.41, 5.74) is 0.121. The van der Waals surface area contributed by atoms with Crippen molar-refractivity contribution < 1.29 is 8.78 Å². The molecule has 0 aliphatic carbocycles. The van der Waals surface area contributed by atoms with E-state index in [1.54, 1.807) is 0 Å². The SMILES string of the molecule is CCCC(CS)(CCC)CSc1cc(F)ccc1F. The molecule has 0 N–H and O–H groups in total. The lowest BCUT2D eigenvalue weighted by Gasteiger charge is -2.31. The van der Waals surface area contributed by atoms with Crippen molar-refractivity contribution in [3.8, 4) is 0 Å². The van der Waals surface area contributed by atoms with E-state index >= 15 is 0 Å². The number of thiol groups is 1. The van der Waals surface area contributed by atoms with Crippen molar-refractivity contribution in [2.75, 3.05) is 11.5 Å². The molecule has 0 unspecified atom stereocenters. The van der Waals surface area contributed by atoms with Crippen molar-refractivity contribution in [3.05, 3.63) is 29.8 Å². The van der Waals surface area contributed by atoms with Crippen molar-refractivity contribution in [1.29, 1.82) is 0 Å². The van der Waals surface area contributed by atoms with Crippen LogP contribution < -0.4 is 0 Å². The van der Waals surface area contributed by atoms with Gasteiger partial charge in [0.2, 0.25) is 0 Å². The first-order chi connectivity index (χ1) is 9.06. The Hall–Kier alpha value is -0.220. The molecular weight excluding hydrogens is 282 g/mol. The molecule has 0 aliphatic rings. The molecule has 0 aliphatic heterocycles. The predicted molar refractivity (Wildman–Crippen MR) is 83.2 cm³/mol. The molecule has 0 spiro atoms. The Kier molecular flexibility index (Phi) is 7.22. The van der Waals surface area contributed by atoms with Crippen LogP contribution in [0.2, 0.25) is 0 Å². The van der Waals surface area contributed by atoms with Crippen LogP contribution in [-0.4, -0.2) is 11.5 Å². The van der Waals surface area contributed by atoms with E-state index in [1.165, 1.54) is 23.9 Å². The van der Waals surface area contributed by atoms with Gasteiger partial charge in [0.1, 0.15) is 11.6 Å². The van der Waals surface area contributed by atoms with E-state index in [0.29, 0.717) is 4.90 Å². The largest absolute Gasteiger partial charge is 0.207 e. The van der Waals surface area contributed by atoms with E-state index in [2.05, 4.69) is 26.5 Å². The van der Waals surface area contributed by atoms with Gasteiger partial charge in [0, 0.05) is 10.6 Å². The number of halogens is 2. The minimum atomic E-state index is -0.383. The van der Waals surface area contributed by atoms with Gasteiger partial charge < -0.3 is 0 Å². The van der Waals surface area contributed by atoms with Crippen LogP contribution in [0, 0.1) is 17.0 Å². The van der Waals surface area contributed by atoms with Gasteiger partial charge in [0.05, 0.1) is 0 Å². The number of rotatable bonds is 8. The zero-order chi connectivity index (χ0) is 14.3. The molecule has 0 atom stereocenters. The minimum Gasteiger partial charge on any atom is -0.207 e. The van der Waals surface area contributed by atoms with E-state index in [-0.39, 0.29) is 17.0 Å². The lowest BCUT2D eigenvalue weighted by Crippen LogP contribution is -2.26. The van der Waals surface area contributed by atoms with Gasteiger partial charge in [0.15, 0.2) is 0 Å². The monoisotopic (exact) mass is 304 g/mol. The van der Waals surface area contributed by atoms with Gasteiger partial charge in [-0.05, 0) is 42.2 Å². The lowest BCUT2D eigenvalue weighted by molar-refractivity contribution is 0.318. The van der Waals surface area contributed by atoms with E-state index in [4.69, 9.17) is 0 Å². The van der Waals surface area contributed by atoms with Crippen LogP contribution >= 0.6 is 24.4 Å². The topological polar surface area (TPSA) is 0 Å². The number of hydrogen-bond acceptors (Lipinski definition) is 2. The number of benzene rings is 1. The Morgan fingerprint density at radius 3 is 2.32 bits per heavy atom. The molecule has 1 rings (SSSR count). The average Bonchev–Trinajstić information content (AvgIpc) is 2.40. The van der Waals surface area contributed by atoms with Gasteiger partial charge >= 0.3 is 0 Å². The second-order valence-electron chi connectivity index (χ2n) is 5.02. The Balaban J connectivity index is 2.77. The van der Waals surface area contributed by atoms with Crippen molar-refractivity contribution in [2.45, 2.75) is 44.4 Å². The highest BCUT2D eigenvalue weighted by molar-refractivity contribution is 7.99. The zero-order valence-electron chi connectivity index (χ0n) is 11.6. The quantitative estimate of drug-likeness (QED) is 0.483. The molecular formula is C15H22F2S2. The van der Waals surface area contributed by atoms with Crippen LogP contribution in [-0.2, 0) is 0 Å². The highest BCUT2D eigenvalue weighted by Gasteiger charge is 2.27. The smallest absolute Gasteiger partial charge is 0.136 e. The van der Waals surface area contributed by atoms with E-state index in [0.717, 1.165) is 43.3 Å². The molecule has 0 radical (unpaired) electrons. The highest BCUT2D eigenvalue weighted by Crippen LogP contribution is 2.38. The second-order valence-corrected chi connectivity index (χ2v) is 6.35. The lowest BCUT2D eigenvalue weighted by atomic mass is 9.83. The van der Waals surface area contributed by atoms with Crippen LogP contribution in [0.4, 0.5) is 8.78 Å². The Bertz CT molecular complexity index is 388. The maximum absolute atomic E-state index is 13.6. The summed E-state index contributed by atoms with van der Waals surface area (Å²) in [4.78, 5) is 0.401. The van der Waals surface area contributed by atoms with E-state index < -0.39 is 0 Å². The molecule has 0 amide bonds. The molecule has 0 fully saturated rings. The molecule has 19 heavy (non-hydrogen) atoms. The van der Waals surface area contributed by atoms with E-state index in [9.17, 15) is 8.78 Å². The van der Waals surface area contributed by atoms with Gasteiger partial charge in [-0.2, -0.15) is 12.6 Å². The molecule has 0 aromatic heterocycles. The first kappa shape index (κ1) is 16.8. The van der Waals surface area contributed by atoms with Gasteiger partial charge in [-0.1, -0.05) is 26.7 Å². The van der Waals surface area contributed by atoms with Crippen molar-refractivity contribution in [3.63, 3.8) is 0 Å². The molecule has 1 aromatic carbocycles. The molecule has 0 bridgehead atoms. The van der Waals surface area contributed by atoms with Gasteiger partial charge in [0.25, 0.3) is 0 Å². The summed E-state index contributed by atoms with van der Waals surface area (Å²) < 4.78 is 26.8. The van der Waals surface area contributed by atoms with Crippen LogP contribution in [0.25, 0.3) is 0 Å². The fraction of sp³-hybridized carbons (Fsp3) is 0.600. The van der Waals surface area contributed by atoms with Crippen LogP contribution in [0.15, 0.2) is 23.1 Å². The summed E-state index contributed by atoms with van der Waals surface area (Å²) in [5.74, 6) is 0.857. The van der Waals surface area contributed by atoms with Gasteiger partial charge in [-0.25, -0.2) is 8.78 Å². The summed E-state index contributed by atoms with van der Waals surface area (Å²) in [6, 6.07) is 3.63. The molecule has 108 valence electrons. The van der Waals surface area contributed by atoms with Crippen LogP contribution in [0.1, 0.15) is 39.5 Å². The third-order valence-corrected chi connectivity index (χ3v) is 5.37. The first-order valence-corrected chi connectivity index (χ1v) is 8.37. The summed E-state index contributed by atoms with van der Waals surface area (Å²) in [6.07, 6.45) is 4.34. The van der Waals surface area contributed by atoms with Crippen molar-refractivity contribution >= 4 is 24.4 Å². The third kappa shape index (κ3) is 4.99. The molecule has 0 nitrogen and oxygen atoms in total. The van der Waals surface area contributed by atoms with Crippen LogP contribution in [0.3, 0.4) is 0 Å². The molecule has 0 heterocycles. The maximum Gasteiger partial charge on any atom is 0.136 e. The predicted octanol–water partition coefficient (Wildman–Crippen LogP) is 5.57. The number of hydrogen-bond donors (Lipinski definition) is 1. The summed E-state index contributed by atoms with van der Waals surface area (Å²) in [6.45, 7) is 4.31.